The molecule has 0 radical (unpaired) electrons. The first-order chi connectivity index (χ1) is 22.8. The third-order valence-electron chi connectivity index (χ3n) is 12.7. The average Bonchev–Trinajstić information content (AvgIpc) is 3.51. The van der Waals surface area contributed by atoms with Crippen molar-refractivity contribution >= 4 is 17.7 Å². The summed E-state index contributed by atoms with van der Waals surface area (Å²) < 4.78 is 7.10. The number of benzene rings is 1. The van der Waals surface area contributed by atoms with Gasteiger partial charge < -0.3 is 14.5 Å². The molecule has 2 aliphatic carbocycles. The summed E-state index contributed by atoms with van der Waals surface area (Å²) in [5.41, 5.74) is 2.85. The number of likely N-dealkylation sites (tertiary alicyclic amines) is 1. The Labute approximate surface area is 287 Å². The maximum absolute atomic E-state index is 12.8. The molecule has 6 aliphatic rings. The number of ether oxygens (including phenoxy) is 1. The van der Waals surface area contributed by atoms with Gasteiger partial charge in [0.25, 0.3) is 0 Å². The lowest BCUT2D eigenvalue weighted by Gasteiger charge is -2.63. The highest BCUT2D eigenvalue weighted by Gasteiger charge is 2.61. The minimum Gasteiger partial charge on any atom is -0.348 e. The van der Waals surface area contributed by atoms with Crippen molar-refractivity contribution in [2.24, 2.45) is 11.8 Å². The second kappa shape index (κ2) is 14.1. The lowest BCUT2D eigenvalue weighted by molar-refractivity contribution is -0.154. The van der Waals surface area contributed by atoms with E-state index in [0.717, 1.165) is 39.0 Å². The van der Waals surface area contributed by atoms with Gasteiger partial charge in [0.1, 0.15) is 0 Å². The van der Waals surface area contributed by atoms with E-state index in [2.05, 4.69) is 77.0 Å². The molecule has 2 saturated carbocycles. The van der Waals surface area contributed by atoms with Crippen LogP contribution in [0.4, 0.5) is 0 Å². The summed E-state index contributed by atoms with van der Waals surface area (Å²) in [4.78, 5) is 21.2. The summed E-state index contributed by atoms with van der Waals surface area (Å²) in [6, 6.07) is 9.80. The van der Waals surface area contributed by atoms with E-state index in [-0.39, 0.29) is 34.8 Å². The van der Waals surface area contributed by atoms with Crippen LogP contribution in [-0.4, -0.2) is 95.3 Å². The second-order valence-corrected chi connectivity index (χ2v) is 17.1. The number of amides is 1. The van der Waals surface area contributed by atoms with E-state index in [1.807, 2.05) is 4.90 Å². The molecule has 4 heterocycles. The monoisotopic (exact) mass is 660 g/mol. The Morgan fingerprint density at radius 2 is 1.96 bits per heavy atom. The lowest BCUT2D eigenvalue weighted by atomic mass is 9.58. The standard InChI is InChI=1S/C38H56N6O2S/c1-4-34(45)44-21-20-43(24-30(44)16-18-39)35-32-15-17-37(23-28-22-27(2)13-14-33(28)47-37)26-38(32,29-10-7-5-6-8-11-29)41-36(40-35)46-25-31-12-9-19-42(31)3/h4,13-14,22,29-32,35-36,40-41H,1,5-12,15-17,19-21,23-26H2,2-3H3/t30?,31?,32?,35?,36?,37-,38?/m1/s1. The van der Waals surface area contributed by atoms with Crippen molar-refractivity contribution in [3.05, 3.63) is 42.0 Å². The SMILES string of the molecule is C=CC(=O)N1CCN(C2NC(OCC3CCCN3C)NC3(C4CCCCCC4)C[C@@]4(CCC23)Cc2cc(C)ccc2S4)CC1CC#N. The van der Waals surface area contributed by atoms with Crippen molar-refractivity contribution < 1.29 is 9.53 Å². The van der Waals surface area contributed by atoms with Crippen molar-refractivity contribution in [2.75, 3.05) is 39.8 Å². The van der Waals surface area contributed by atoms with Crippen molar-refractivity contribution in [1.82, 2.24) is 25.3 Å². The highest BCUT2D eigenvalue weighted by Crippen LogP contribution is 2.60. The van der Waals surface area contributed by atoms with Crippen molar-refractivity contribution in [1.29, 1.82) is 5.26 Å². The van der Waals surface area contributed by atoms with Crippen LogP contribution in [-0.2, 0) is 16.0 Å². The largest absolute Gasteiger partial charge is 0.348 e. The predicted octanol–water partition coefficient (Wildman–Crippen LogP) is 5.42. The fraction of sp³-hybridized carbons (Fsp3) is 0.737. The molecule has 4 aliphatic heterocycles. The van der Waals surface area contributed by atoms with Crippen molar-refractivity contribution in [3.8, 4) is 6.07 Å². The maximum Gasteiger partial charge on any atom is 0.246 e. The fourth-order valence-electron chi connectivity index (χ4n) is 10.4. The zero-order valence-electron chi connectivity index (χ0n) is 28.7. The van der Waals surface area contributed by atoms with Crippen LogP contribution in [0.25, 0.3) is 0 Å². The highest BCUT2D eigenvalue weighted by molar-refractivity contribution is 8.01. The van der Waals surface area contributed by atoms with Gasteiger partial charge in [-0.25, -0.2) is 0 Å². The first-order valence-corrected chi connectivity index (χ1v) is 19.3. The third-order valence-corrected chi connectivity index (χ3v) is 14.3. The predicted molar refractivity (Wildman–Crippen MR) is 188 cm³/mol. The molecule has 0 aromatic heterocycles. The number of nitrogens with zero attached hydrogens (tertiary/aromatic N) is 4. The van der Waals surface area contributed by atoms with Gasteiger partial charge in [0.2, 0.25) is 5.91 Å². The summed E-state index contributed by atoms with van der Waals surface area (Å²) >= 11 is 2.17. The van der Waals surface area contributed by atoms with E-state index in [0.29, 0.717) is 37.4 Å². The Morgan fingerprint density at radius 3 is 2.70 bits per heavy atom. The quantitative estimate of drug-likeness (QED) is 0.297. The molecular weight excluding hydrogens is 605 g/mol. The summed E-state index contributed by atoms with van der Waals surface area (Å²) in [6.07, 6.45) is 16.6. The normalized spacial score (nSPS) is 36.9. The first kappa shape index (κ1) is 33.6. The van der Waals surface area contributed by atoms with E-state index < -0.39 is 0 Å². The topological polar surface area (TPSA) is 83.9 Å². The smallest absolute Gasteiger partial charge is 0.246 e. The maximum atomic E-state index is 12.8. The average molecular weight is 661 g/mol. The van der Waals surface area contributed by atoms with Gasteiger partial charge in [-0.15, -0.1) is 11.8 Å². The van der Waals surface area contributed by atoms with E-state index in [4.69, 9.17) is 4.74 Å². The number of hydrogen-bond acceptors (Lipinski definition) is 8. The van der Waals surface area contributed by atoms with Crippen LogP contribution >= 0.6 is 11.8 Å². The number of nitriles is 1. The van der Waals surface area contributed by atoms with Crippen molar-refractivity contribution in [2.45, 2.75) is 130 Å². The molecule has 5 fully saturated rings. The van der Waals surface area contributed by atoms with E-state index in [9.17, 15) is 10.1 Å². The van der Waals surface area contributed by atoms with Gasteiger partial charge in [0.15, 0.2) is 6.35 Å². The zero-order valence-corrected chi connectivity index (χ0v) is 29.5. The summed E-state index contributed by atoms with van der Waals surface area (Å²) in [5.74, 6) is 0.952. The number of thioether (sulfide) groups is 1. The number of nitrogens with one attached hydrogen (secondary N) is 2. The number of rotatable bonds is 7. The molecule has 1 aromatic carbocycles. The molecule has 7 rings (SSSR count). The van der Waals surface area contributed by atoms with Gasteiger partial charge >= 0.3 is 0 Å². The summed E-state index contributed by atoms with van der Waals surface area (Å²) in [5, 5.41) is 18.1. The molecule has 256 valence electrons. The molecule has 8 nitrogen and oxygen atoms in total. The van der Waals surface area contributed by atoms with Gasteiger partial charge in [-0.05, 0) is 95.5 Å². The van der Waals surface area contributed by atoms with Crippen LogP contribution in [0, 0.1) is 30.1 Å². The minimum absolute atomic E-state index is 0.0480. The third kappa shape index (κ3) is 6.68. The van der Waals surface area contributed by atoms with Gasteiger partial charge in [-0.3, -0.25) is 20.3 Å². The van der Waals surface area contributed by atoms with Gasteiger partial charge in [-0.2, -0.15) is 5.26 Å². The van der Waals surface area contributed by atoms with Crippen LogP contribution < -0.4 is 10.6 Å². The number of piperazine rings is 1. The molecule has 1 amide bonds. The molecule has 47 heavy (non-hydrogen) atoms. The lowest BCUT2D eigenvalue weighted by Crippen LogP contribution is -2.79. The number of hydrogen-bond donors (Lipinski definition) is 2. The van der Waals surface area contributed by atoms with Crippen molar-refractivity contribution in [3.63, 3.8) is 0 Å². The Morgan fingerprint density at radius 1 is 1.13 bits per heavy atom. The Hall–Kier alpha value is -1.93. The molecule has 1 aromatic rings. The van der Waals surface area contributed by atoms with E-state index >= 15 is 0 Å². The summed E-state index contributed by atoms with van der Waals surface area (Å²) in [6.45, 7) is 9.96. The molecular formula is C38H56N6O2S. The van der Waals surface area contributed by atoms with Crippen LogP contribution in [0.15, 0.2) is 35.7 Å². The Balaban J connectivity index is 1.23. The van der Waals surface area contributed by atoms with Crippen LogP contribution in [0.5, 0.6) is 0 Å². The van der Waals surface area contributed by atoms with E-state index in [1.54, 1.807) is 0 Å². The molecule has 6 unspecified atom stereocenters. The number of carbonyl (C=O) groups is 1. The van der Waals surface area contributed by atoms with E-state index in [1.165, 1.54) is 79.9 Å². The molecule has 3 saturated heterocycles. The number of fused-ring (bicyclic) bond motifs is 2. The number of likely N-dealkylation sites (N-methyl/N-ethyl adjacent to an activating group) is 1. The zero-order chi connectivity index (χ0) is 32.6. The Bertz CT molecular complexity index is 1340. The molecule has 1 spiro atoms. The second-order valence-electron chi connectivity index (χ2n) is 15.6. The number of aryl methyl sites for hydroxylation is 1. The number of carbonyl (C=O) groups excluding carboxylic acids is 1. The van der Waals surface area contributed by atoms with Gasteiger partial charge in [0, 0.05) is 46.8 Å². The van der Waals surface area contributed by atoms with Crippen LogP contribution in [0.1, 0.15) is 88.2 Å². The molecule has 9 heteroatoms. The minimum atomic E-state index is -0.234. The Kier molecular flexibility index (Phi) is 10.1. The fourth-order valence-corrected chi connectivity index (χ4v) is 12.0. The van der Waals surface area contributed by atoms with Crippen LogP contribution in [0.3, 0.4) is 0 Å². The first-order valence-electron chi connectivity index (χ1n) is 18.5. The highest BCUT2D eigenvalue weighted by atomic mass is 32.2. The van der Waals surface area contributed by atoms with Gasteiger partial charge in [-0.1, -0.05) is 50.0 Å². The molecule has 7 atom stereocenters. The summed E-state index contributed by atoms with van der Waals surface area (Å²) in [7, 11) is 2.23. The molecule has 2 N–H and O–H groups in total. The molecule has 0 bridgehead atoms. The van der Waals surface area contributed by atoms with Crippen LogP contribution in [0.2, 0.25) is 0 Å². The van der Waals surface area contributed by atoms with Gasteiger partial charge in [0.05, 0.1) is 31.3 Å².